The van der Waals surface area contributed by atoms with Gasteiger partial charge in [0.1, 0.15) is 11.2 Å². The monoisotopic (exact) mass is 287 g/mol. The molecule has 0 unspecified atom stereocenters. The van der Waals surface area contributed by atoms with Crippen molar-refractivity contribution in [2.45, 2.75) is 85.0 Å². The second-order valence-electron chi connectivity index (χ2n) is 6.88. The smallest absolute Gasteiger partial charge is 0.407 e. The lowest BCUT2D eigenvalue weighted by Crippen LogP contribution is -2.39. The quantitative estimate of drug-likeness (QED) is 0.787. The van der Waals surface area contributed by atoms with E-state index in [2.05, 4.69) is 5.32 Å². The number of esters is 1. The molecule has 0 aliphatic heterocycles. The third-order valence-electron chi connectivity index (χ3n) is 2.33. The van der Waals surface area contributed by atoms with Crippen LogP contribution in [0.2, 0.25) is 0 Å². The lowest BCUT2D eigenvalue weighted by molar-refractivity contribution is -0.155. The maximum absolute atomic E-state index is 11.7. The molecule has 1 N–H and O–H groups in total. The highest BCUT2D eigenvalue weighted by Crippen LogP contribution is 2.12. The predicted octanol–water partition coefficient (Wildman–Crippen LogP) is 3.41. The largest absolute Gasteiger partial charge is 0.460 e. The van der Waals surface area contributed by atoms with Crippen molar-refractivity contribution in [1.29, 1.82) is 0 Å². The van der Waals surface area contributed by atoms with Crippen molar-refractivity contribution in [2.75, 3.05) is 0 Å². The molecule has 20 heavy (non-hydrogen) atoms. The minimum absolute atomic E-state index is 0.0858. The molecule has 118 valence electrons. The molecule has 0 spiro atoms. The highest BCUT2D eigenvalue weighted by Gasteiger charge is 2.21. The van der Waals surface area contributed by atoms with Crippen molar-refractivity contribution in [3.8, 4) is 0 Å². The van der Waals surface area contributed by atoms with Gasteiger partial charge in [0.15, 0.2) is 0 Å². The predicted molar refractivity (Wildman–Crippen MR) is 78.5 cm³/mol. The van der Waals surface area contributed by atoms with E-state index >= 15 is 0 Å². The lowest BCUT2D eigenvalue weighted by Gasteiger charge is -2.23. The third-order valence-corrected chi connectivity index (χ3v) is 2.33. The van der Waals surface area contributed by atoms with Crippen molar-refractivity contribution in [2.24, 2.45) is 0 Å². The van der Waals surface area contributed by atoms with Crippen LogP contribution in [-0.4, -0.2) is 29.3 Å². The zero-order valence-corrected chi connectivity index (χ0v) is 13.8. The van der Waals surface area contributed by atoms with Gasteiger partial charge in [0.25, 0.3) is 0 Å². The van der Waals surface area contributed by atoms with Gasteiger partial charge in [-0.25, -0.2) is 4.79 Å². The first-order valence-electron chi connectivity index (χ1n) is 7.14. The molecule has 0 fully saturated rings. The molecular weight excluding hydrogens is 258 g/mol. The molecule has 1 amide bonds. The van der Waals surface area contributed by atoms with Crippen molar-refractivity contribution < 1.29 is 19.1 Å². The maximum Gasteiger partial charge on any atom is 0.407 e. The first-order chi connectivity index (χ1) is 8.93. The molecule has 0 aromatic rings. The van der Waals surface area contributed by atoms with Gasteiger partial charge in [-0.2, -0.15) is 0 Å². The molecule has 5 nitrogen and oxygen atoms in total. The number of ether oxygens (including phenoxy) is 2. The summed E-state index contributed by atoms with van der Waals surface area (Å²) in [7, 11) is 0. The number of carbonyl (C=O) groups is 2. The summed E-state index contributed by atoms with van der Waals surface area (Å²) in [5.74, 6) is -0.248. The normalized spacial score (nSPS) is 13.6. The summed E-state index contributed by atoms with van der Waals surface area (Å²) in [5.41, 5.74) is -0.995. The molecule has 0 heterocycles. The van der Waals surface area contributed by atoms with Crippen LogP contribution in [0.25, 0.3) is 0 Å². The van der Waals surface area contributed by atoms with E-state index in [1.54, 1.807) is 0 Å². The highest BCUT2D eigenvalue weighted by atomic mass is 16.6. The van der Waals surface area contributed by atoms with Gasteiger partial charge in [0, 0.05) is 12.5 Å². The van der Waals surface area contributed by atoms with Crippen LogP contribution >= 0.6 is 0 Å². The maximum atomic E-state index is 11.7. The Labute approximate surface area is 122 Å². The summed E-state index contributed by atoms with van der Waals surface area (Å²) in [6.07, 6.45) is 1.12. The SMILES string of the molecule is CC[C@@H](CCC(=O)OC(C)(C)C)NC(=O)OC(C)(C)C. The number of hydrogen-bond acceptors (Lipinski definition) is 4. The number of nitrogens with one attached hydrogen (secondary N) is 1. The Hall–Kier alpha value is -1.26. The van der Waals surface area contributed by atoms with E-state index in [1.807, 2.05) is 48.5 Å². The second kappa shape index (κ2) is 7.50. The van der Waals surface area contributed by atoms with Gasteiger partial charge in [-0.1, -0.05) is 6.92 Å². The van der Waals surface area contributed by atoms with E-state index in [0.29, 0.717) is 6.42 Å². The Kier molecular flexibility index (Phi) is 7.03. The fraction of sp³-hybridized carbons (Fsp3) is 0.867. The van der Waals surface area contributed by atoms with Crippen molar-refractivity contribution in [3.63, 3.8) is 0 Å². The Morgan fingerprint density at radius 2 is 1.50 bits per heavy atom. The van der Waals surface area contributed by atoms with Gasteiger partial charge in [0.2, 0.25) is 0 Å². The Bertz CT molecular complexity index is 326. The Morgan fingerprint density at radius 3 is 1.90 bits per heavy atom. The first-order valence-corrected chi connectivity index (χ1v) is 7.14. The standard InChI is InChI=1S/C15H29NO4/c1-8-11(16-13(18)20-15(5,6)7)9-10-12(17)19-14(2,3)4/h11H,8-10H2,1-7H3,(H,16,18)/t11-/m0/s1. The number of rotatable bonds is 5. The number of alkyl carbamates (subject to hydrolysis) is 1. The summed E-state index contributed by atoms with van der Waals surface area (Å²) >= 11 is 0. The van der Waals surface area contributed by atoms with Gasteiger partial charge in [-0.15, -0.1) is 0 Å². The Balaban J connectivity index is 4.17. The zero-order valence-electron chi connectivity index (χ0n) is 13.8. The molecule has 0 saturated carbocycles. The van der Waals surface area contributed by atoms with Gasteiger partial charge >= 0.3 is 12.1 Å². The fourth-order valence-corrected chi connectivity index (χ4v) is 1.54. The summed E-state index contributed by atoms with van der Waals surface area (Å²) in [5, 5.41) is 2.77. The van der Waals surface area contributed by atoms with Crippen LogP contribution in [0, 0.1) is 0 Å². The van der Waals surface area contributed by atoms with Crippen molar-refractivity contribution >= 4 is 12.1 Å². The molecule has 0 radical (unpaired) electrons. The minimum Gasteiger partial charge on any atom is -0.460 e. The van der Waals surface area contributed by atoms with Crippen LogP contribution in [0.5, 0.6) is 0 Å². The van der Waals surface area contributed by atoms with Crippen LogP contribution in [0.4, 0.5) is 4.79 Å². The van der Waals surface area contributed by atoms with Crippen LogP contribution < -0.4 is 5.32 Å². The average Bonchev–Trinajstić information content (AvgIpc) is 2.18. The van der Waals surface area contributed by atoms with E-state index in [1.165, 1.54) is 0 Å². The molecule has 0 rings (SSSR count). The minimum atomic E-state index is -0.520. The highest BCUT2D eigenvalue weighted by molar-refractivity contribution is 5.70. The van der Waals surface area contributed by atoms with Crippen LogP contribution in [0.1, 0.15) is 67.7 Å². The molecule has 1 atom stereocenters. The van der Waals surface area contributed by atoms with Gasteiger partial charge < -0.3 is 14.8 Å². The second-order valence-corrected chi connectivity index (χ2v) is 6.88. The van der Waals surface area contributed by atoms with Crippen LogP contribution in [-0.2, 0) is 14.3 Å². The van der Waals surface area contributed by atoms with E-state index < -0.39 is 17.3 Å². The van der Waals surface area contributed by atoms with Crippen molar-refractivity contribution in [1.82, 2.24) is 5.32 Å². The first kappa shape index (κ1) is 18.7. The fourth-order valence-electron chi connectivity index (χ4n) is 1.54. The van der Waals surface area contributed by atoms with E-state index in [9.17, 15) is 9.59 Å². The van der Waals surface area contributed by atoms with Crippen LogP contribution in [0.15, 0.2) is 0 Å². The molecule has 0 bridgehead atoms. The van der Waals surface area contributed by atoms with Gasteiger partial charge in [0.05, 0.1) is 0 Å². The van der Waals surface area contributed by atoms with E-state index in [0.717, 1.165) is 6.42 Å². The number of hydrogen-bond donors (Lipinski definition) is 1. The van der Waals surface area contributed by atoms with Crippen molar-refractivity contribution in [3.05, 3.63) is 0 Å². The molecule has 5 heteroatoms. The van der Waals surface area contributed by atoms with Crippen LogP contribution in [0.3, 0.4) is 0 Å². The molecule has 0 aliphatic rings. The van der Waals surface area contributed by atoms with E-state index in [4.69, 9.17) is 9.47 Å². The summed E-state index contributed by atoms with van der Waals surface area (Å²) < 4.78 is 10.4. The number of amides is 1. The zero-order chi connectivity index (χ0) is 16.0. The molecule has 0 aromatic carbocycles. The average molecular weight is 287 g/mol. The number of carbonyl (C=O) groups excluding carboxylic acids is 2. The summed E-state index contributed by atoms with van der Waals surface area (Å²) in [6.45, 7) is 12.9. The molecule has 0 saturated heterocycles. The van der Waals surface area contributed by atoms with Gasteiger partial charge in [-0.05, 0) is 54.4 Å². The lowest BCUT2D eigenvalue weighted by atomic mass is 10.1. The topological polar surface area (TPSA) is 64.6 Å². The molecular formula is C15H29NO4. The Morgan fingerprint density at radius 1 is 1.00 bits per heavy atom. The summed E-state index contributed by atoms with van der Waals surface area (Å²) in [6, 6.07) is -0.0858. The molecule has 0 aliphatic carbocycles. The van der Waals surface area contributed by atoms with E-state index in [-0.39, 0.29) is 18.4 Å². The van der Waals surface area contributed by atoms with Gasteiger partial charge in [-0.3, -0.25) is 4.79 Å². The summed E-state index contributed by atoms with van der Waals surface area (Å²) in [4.78, 5) is 23.3. The third kappa shape index (κ3) is 10.6. The molecule has 0 aromatic heterocycles.